The van der Waals surface area contributed by atoms with E-state index in [0.717, 1.165) is 5.39 Å². The van der Waals surface area contributed by atoms with Crippen molar-refractivity contribution in [2.24, 2.45) is 0 Å². The van der Waals surface area contributed by atoms with E-state index in [1.165, 1.54) is 0 Å². The van der Waals surface area contributed by atoms with E-state index in [1.54, 1.807) is 36.4 Å². The summed E-state index contributed by atoms with van der Waals surface area (Å²) >= 11 is 0. The minimum absolute atomic E-state index is 0.0329. The molecule has 0 aliphatic carbocycles. The molecule has 4 N–H and O–H groups in total. The van der Waals surface area contributed by atoms with Crippen molar-refractivity contribution in [1.29, 1.82) is 0 Å². The van der Waals surface area contributed by atoms with Crippen molar-refractivity contribution >= 4 is 22.8 Å². The summed E-state index contributed by atoms with van der Waals surface area (Å²) in [5.41, 5.74) is -0.444. The molecule has 1 aliphatic heterocycles. The number of fused-ring (bicyclic) bond motifs is 1. The normalized spacial score (nSPS) is 28.0. The zero-order valence-corrected chi connectivity index (χ0v) is 14.7. The van der Waals surface area contributed by atoms with Gasteiger partial charge in [-0.25, -0.2) is 9.59 Å². The summed E-state index contributed by atoms with van der Waals surface area (Å²) in [4.78, 5) is 22.9. The molecule has 2 heterocycles. The first kappa shape index (κ1) is 20.2. The Morgan fingerprint density at radius 3 is 2.64 bits per heavy atom. The van der Waals surface area contributed by atoms with Crippen LogP contribution in [0.2, 0.25) is 0 Å². The lowest BCUT2D eigenvalue weighted by molar-refractivity contribution is -0.293. The number of carboxylic acids is 1. The van der Waals surface area contributed by atoms with Gasteiger partial charge in [0.05, 0.1) is 12.0 Å². The molecule has 0 radical (unpaired) electrons. The zero-order valence-electron chi connectivity index (χ0n) is 14.7. The Morgan fingerprint density at radius 2 is 1.89 bits per heavy atom. The van der Waals surface area contributed by atoms with E-state index in [1.807, 2.05) is 6.07 Å². The lowest BCUT2D eigenvalue weighted by Gasteiger charge is -2.38. The average molecular weight is 392 g/mol. The van der Waals surface area contributed by atoms with E-state index >= 15 is 0 Å². The van der Waals surface area contributed by atoms with Crippen LogP contribution in [0.3, 0.4) is 0 Å². The molecule has 0 bridgehead atoms. The molecule has 1 aromatic carbocycles. The minimum atomic E-state index is -1.76. The summed E-state index contributed by atoms with van der Waals surface area (Å²) in [6.45, 7) is 0.0329. The molecule has 1 aliphatic rings. The molecule has 28 heavy (non-hydrogen) atoms. The molecular formula is C19H20O9. The monoisotopic (exact) mass is 392 g/mol. The average Bonchev–Trinajstić information content (AvgIpc) is 2.67. The molecule has 0 saturated carbocycles. The van der Waals surface area contributed by atoms with Crippen LogP contribution in [0.4, 0.5) is 0 Å². The lowest BCUT2D eigenvalue weighted by Crippen LogP contribution is -2.60. The van der Waals surface area contributed by atoms with Crippen LogP contribution in [0.1, 0.15) is 12.2 Å². The van der Waals surface area contributed by atoms with Crippen LogP contribution in [-0.4, -0.2) is 63.7 Å². The first-order valence-electron chi connectivity index (χ1n) is 8.62. The van der Waals surface area contributed by atoms with Gasteiger partial charge >= 0.3 is 11.6 Å². The number of hydrogen-bond acceptors (Lipinski definition) is 8. The second kappa shape index (κ2) is 8.63. The lowest BCUT2D eigenvalue weighted by atomic mass is 9.99. The van der Waals surface area contributed by atoms with Crippen LogP contribution >= 0.6 is 0 Å². The molecule has 0 amide bonds. The number of aliphatic hydroxyl groups is 3. The van der Waals surface area contributed by atoms with Gasteiger partial charge in [0.15, 0.2) is 12.4 Å². The maximum absolute atomic E-state index is 11.9. The van der Waals surface area contributed by atoms with E-state index in [-0.39, 0.29) is 6.61 Å². The van der Waals surface area contributed by atoms with Crippen molar-refractivity contribution < 1.29 is 39.1 Å². The Bertz CT molecular complexity index is 919. The van der Waals surface area contributed by atoms with Gasteiger partial charge in [-0.15, -0.1) is 0 Å². The predicted molar refractivity (Wildman–Crippen MR) is 96.4 cm³/mol. The summed E-state index contributed by atoms with van der Waals surface area (Å²) in [5.74, 6) is -1.11. The second-order valence-corrected chi connectivity index (χ2v) is 6.32. The van der Waals surface area contributed by atoms with E-state index in [0.29, 0.717) is 17.6 Å². The Hall–Kier alpha value is -2.56. The Labute approximate surface area is 159 Å². The van der Waals surface area contributed by atoms with Crippen molar-refractivity contribution in [3.8, 4) is 0 Å². The maximum atomic E-state index is 11.9. The van der Waals surface area contributed by atoms with E-state index in [4.69, 9.17) is 19.0 Å². The van der Waals surface area contributed by atoms with Crippen LogP contribution in [-0.2, 0) is 14.3 Å². The fourth-order valence-electron chi connectivity index (χ4n) is 2.88. The number of aliphatic hydroxyl groups excluding tert-OH is 3. The summed E-state index contributed by atoms with van der Waals surface area (Å²) < 4.78 is 15.5. The van der Waals surface area contributed by atoms with Gasteiger partial charge in [-0.2, -0.15) is 0 Å². The summed E-state index contributed by atoms with van der Waals surface area (Å²) in [7, 11) is 0. The maximum Gasteiger partial charge on any atom is 0.344 e. The molecule has 2 aromatic rings. The van der Waals surface area contributed by atoms with Gasteiger partial charge < -0.3 is 34.3 Å². The molecule has 1 saturated heterocycles. The number of carbonyl (C=O) groups is 1. The Kier molecular flexibility index (Phi) is 6.22. The Balaban J connectivity index is 1.56. The fraction of sp³-hybridized carbons (Fsp3) is 0.368. The van der Waals surface area contributed by atoms with Crippen LogP contribution in [0, 0.1) is 0 Å². The molecule has 0 spiro atoms. The van der Waals surface area contributed by atoms with Gasteiger partial charge in [0.1, 0.15) is 24.1 Å². The minimum Gasteiger partial charge on any atom is -0.479 e. The smallest absolute Gasteiger partial charge is 0.344 e. The highest BCUT2D eigenvalue weighted by atomic mass is 16.7. The van der Waals surface area contributed by atoms with Crippen molar-refractivity contribution in [2.45, 2.75) is 37.1 Å². The molecular weight excluding hydrogens is 372 g/mol. The zero-order chi connectivity index (χ0) is 20.3. The quantitative estimate of drug-likeness (QED) is 0.503. The van der Waals surface area contributed by atoms with Gasteiger partial charge in [0.25, 0.3) is 0 Å². The number of hydrogen-bond donors (Lipinski definition) is 4. The van der Waals surface area contributed by atoms with E-state index in [2.05, 4.69) is 0 Å². The largest absolute Gasteiger partial charge is 0.479 e. The third-order valence-electron chi connectivity index (χ3n) is 4.35. The van der Waals surface area contributed by atoms with Gasteiger partial charge in [-0.3, -0.25) is 0 Å². The second-order valence-electron chi connectivity index (χ2n) is 6.32. The van der Waals surface area contributed by atoms with Crippen molar-refractivity contribution in [2.75, 3.05) is 6.61 Å². The first-order valence-corrected chi connectivity index (χ1v) is 8.62. The van der Waals surface area contributed by atoms with Crippen LogP contribution in [0.15, 0.2) is 45.6 Å². The summed E-state index contributed by atoms with van der Waals surface area (Å²) in [5, 5.41) is 39.4. The standard InChI is InChI=1S/C19H20O9/c20-13-14(21)16(17(23)24)28-19(15(13)22)26-8-4-3-6-11-9-10-5-1-2-7-12(10)18(25)27-11/h1-3,5-7,9,13-16,19-22H,4,8H2,(H,23,24)/b6-3+. The summed E-state index contributed by atoms with van der Waals surface area (Å²) in [6, 6.07) is 8.76. The highest BCUT2D eigenvalue weighted by Crippen LogP contribution is 2.22. The van der Waals surface area contributed by atoms with Gasteiger partial charge in [0.2, 0.25) is 0 Å². The molecule has 3 rings (SSSR count). The van der Waals surface area contributed by atoms with Crippen molar-refractivity contribution in [1.82, 2.24) is 0 Å². The third kappa shape index (κ3) is 4.29. The third-order valence-corrected chi connectivity index (χ3v) is 4.35. The first-order chi connectivity index (χ1) is 13.4. The SMILES string of the molecule is O=C(O)C1OC(OCC/C=C/c2cc3ccccc3c(=O)o2)C(O)C(O)C1O. The molecule has 150 valence electrons. The molecule has 5 atom stereocenters. The van der Waals surface area contributed by atoms with Crippen molar-refractivity contribution in [3.63, 3.8) is 0 Å². The number of aliphatic carboxylic acids is 1. The molecule has 9 heteroatoms. The molecule has 5 unspecified atom stereocenters. The van der Waals surface area contributed by atoms with Crippen LogP contribution < -0.4 is 5.63 Å². The van der Waals surface area contributed by atoms with E-state index < -0.39 is 42.3 Å². The topological polar surface area (TPSA) is 147 Å². The fourth-order valence-corrected chi connectivity index (χ4v) is 2.88. The predicted octanol–water partition coefficient (Wildman–Crippen LogP) is 0.105. The number of benzene rings is 1. The number of ether oxygens (including phenoxy) is 2. The van der Waals surface area contributed by atoms with Crippen LogP contribution in [0.5, 0.6) is 0 Å². The highest BCUT2D eigenvalue weighted by Gasteiger charge is 2.47. The van der Waals surface area contributed by atoms with Crippen LogP contribution in [0.25, 0.3) is 16.8 Å². The molecule has 1 aromatic heterocycles. The molecule has 1 fully saturated rings. The molecule has 9 nitrogen and oxygen atoms in total. The van der Waals surface area contributed by atoms with Crippen molar-refractivity contribution in [3.05, 3.63) is 52.6 Å². The van der Waals surface area contributed by atoms with Gasteiger partial charge in [0, 0.05) is 0 Å². The summed E-state index contributed by atoms with van der Waals surface area (Å²) in [6.07, 6.45) is -4.56. The number of rotatable bonds is 6. The Morgan fingerprint density at radius 1 is 1.14 bits per heavy atom. The highest BCUT2D eigenvalue weighted by molar-refractivity contribution is 5.82. The van der Waals surface area contributed by atoms with Gasteiger partial charge in [-0.05, 0) is 30.0 Å². The van der Waals surface area contributed by atoms with Gasteiger partial charge in [-0.1, -0.05) is 24.3 Å². The van der Waals surface area contributed by atoms with E-state index in [9.17, 15) is 24.9 Å². The number of carboxylic acid groups (broad SMARTS) is 1.